The summed E-state index contributed by atoms with van der Waals surface area (Å²) in [6, 6.07) is 14.7. The number of ether oxygens (including phenoxy) is 1. The number of carbonyl (C=O) groups excluding carboxylic acids is 2. The van der Waals surface area contributed by atoms with Crippen molar-refractivity contribution >= 4 is 23.2 Å². The number of aromatic nitrogens is 1. The van der Waals surface area contributed by atoms with Crippen LogP contribution >= 0.6 is 11.3 Å². The van der Waals surface area contributed by atoms with Crippen LogP contribution < -0.4 is 10.1 Å². The zero-order chi connectivity index (χ0) is 21.3. The van der Waals surface area contributed by atoms with Gasteiger partial charge >= 0.3 is 0 Å². The van der Waals surface area contributed by atoms with E-state index in [-0.39, 0.29) is 30.7 Å². The normalized spacial score (nSPS) is 10.8. The van der Waals surface area contributed by atoms with Gasteiger partial charge in [-0.1, -0.05) is 43.3 Å². The maximum atomic E-state index is 12.8. The molecule has 3 aromatic rings. The van der Waals surface area contributed by atoms with Gasteiger partial charge in [0.2, 0.25) is 0 Å². The summed E-state index contributed by atoms with van der Waals surface area (Å²) in [5.41, 5.74) is 0.203. The van der Waals surface area contributed by atoms with E-state index in [4.69, 9.17) is 9.26 Å². The van der Waals surface area contributed by atoms with Crippen LogP contribution in [0.15, 0.2) is 58.4 Å². The summed E-state index contributed by atoms with van der Waals surface area (Å²) >= 11 is 1.57. The van der Waals surface area contributed by atoms with Crippen molar-refractivity contribution in [1.82, 2.24) is 15.4 Å². The fraction of sp³-hybridized carbons (Fsp3) is 0.318. The standard InChI is InChI=1S/C22H25N3O4S/c1-16(2)12-23-22(27)20-11-18(29-24-20)13-25(14-19-9-6-10-30-19)21(26)15-28-17-7-4-3-5-8-17/h3-11,16H,12-15H2,1-2H3,(H,23,27). The van der Waals surface area contributed by atoms with Gasteiger partial charge in [0.25, 0.3) is 11.8 Å². The maximum Gasteiger partial charge on any atom is 0.273 e. The molecule has 0 bridgehead atoms. The van der Waals surface area contributed by atoms with Crippen molar-refractivity contribution in [3.63, 3.8) is 0 Å². The predicted octanol–water partition coefficient (Wildman–Crippen LogP) is 3.73. The SMILES string of the molecule is CC(C)CNC(=O)c1cc(CN(Cc2cccs2)C(=O)COc2ccccc2)on1. The fourth-order valence-electron chi connectivity index (χ4n) is 2.65. The number of nitrogens with one attached hydrogen (secondary N) is 1. The first-order chi connectivity index (χ1) is 14.5. The van der Waals surface area contributed by atoms with Crippen molar-refractivity contribution in [3.05, 3.63) is 70.2 Å². The summed E-state index contributed by atoms with van der Waals surface area (Å²) < 4.78 is 10.9. The van der Waals surface area contributed by atoms with E-state index in [0.29, 0.717) is 30.5 Å². The zero-order valence-electron chi connectivity index (χ0n) is 17.0. The van der Waals surface area contributed by atoms with Gasteiger partial charge in [0, 0.05) is 17.5 Å². The highest BCUT2D eigenvalue weighted by Crippen LogP contribution is 2.16. The highest BCUT2D eigenvalue weighted by atomic mass is 32.1. The minimum atomic E-state index is -0.290. The highest BCUT2D eigenvalue weighted by Gasteiger charge is 2.20. The van der Waals surface area contributed by atoms with Gasteiger partial charge in [-0.2, -0.15) is 0 Å². The van der Waals surface area contributed by atoms with Crippen molar-refractivity contribution < 1.29 is 18.8 Å². The third-order valence-corrected chi connectivity index (χ3v) is 5.06. The zero-order valence-corrected chi connectivity index (χ0v) is 17.9. The van der Waals surface area contributed by atoms with E-state index in [1.165, 1.54) is 0 Å². The summed E-state index contributed by atoms with van der Waals surface area (Å²) in [5, 5.41) is 8.61. The first-order valence-corrected chi connectivity index (χ1v) is 10.6. The summed E-state index contributed by atoms with van der Waals surface area (Å²) in [7, 11) is 0. The van der Waals surface area contributed by atoms with Crippen molar-refractivity contribution in [2.24, 2.45) is 5.92 Å². The summed E-state index contributed by atoms with van der Waals surface area (Å²) in [6.07, 6.45) is 0. The van der Waals surface area contributed by atoms with Gasteiger partial charge in [-0.25, -0.2) is 0 Å². The first-order valence-electron chi connectivity index (χ1n) is 9.73. The second-order valence-corrected chi connectivity index (χ2v) is 8.25. The molecule has 0 aliphatic rings. The van der Waals surface area contributed by atoms with Crippen LogP contribution in [0.4, 0.5) is 0 Å². The lowest BCUT2D eigenvalue weighted by molar-refractivity contribution is -0.134. The number of para-hydroxylation sites is 1. The molecule has 0 saturated heterocycles. The molecule has 0 radical (unpaired) electrons. The Hall–Kier alpha value is -3.13. The molecule has 0 aliphatic carbocycles. The van der Waals surface area contributed by atoms with Crippen LogP contribution in [-0.4, -0.2) is 35.0 Å². The molecule has 0 saturated carbocycles. The highest BCUT2D eigenvalue weighted by molar-refractivity contribution is 7.09. The average Bonchev–Trinajstić information content (AvgIpc) is 3.43. The van der Waals surface area contributed by atoms with E-state index in [1.54, 1.807) is 34.4 Å². The molecule has 7 nitrogen and oxygen atoms in total. The van der Waals surface area contributed by atoms with Crippen LogP contribution in [0.1, 0.15) is 35.0 Å². The largest absolute Gasteiger partial charge is 0.484 e. The monoisotopic (exact) mass is 427 g/mol. The first kappa shape index (κ1) is 21.6. The third kappa shape index (κ3) is 6.45. The second kappa shape index (κ2) is 10.6. The molecule has 0 atom stereocenters. The van der Waals surface area contributed by atoms with Crippen LogP contribution in [0.2, 0.25) is 0 Å². The average molecular weight is 428 g/mol. The van der Waals surface area contributed by atoms with Gasteiger partial charge in [-0.3, -0.25) is 9.59 Å². The molecule has 0 spiro atoms. The number of benzene rings is 1. The van der Waals surface area contributed by atoms with Gasteiger partial charge in [-0.05, 0) is 29.5 Å². The summed E-state index contributed by atoms with van der Waals surface area (Å²) in [6.45, 7) is 5.11. The lowest BCUT2D eigenvalue weighted by Crippen LogP contribution is -2.33. The van der Waals surface area contributed by atoms with Crippen LogP contribution in [0, 0.1) is 5.92 Å². The lowest BCUT2D eigenvalue weighted by Gasteiger charge is -2.21. The topological polar surface area (TPSA) is 84.7 Å². The van der Waals surface area contributed by atoms with E-state index >= 15 is 0 Å². The van der Waals surface area contributed by atoms with Gasteiger partial charge in [0.1, 0.15) is 5.75 Å². The van der Waals surface area contributed by atoms with E-state index < -0.39 is 0 Å². The van der Waals surface area contributed by atoms with Crippen molar-refractivity contribution in [2.75, 3.05) is 13.2 Å². The van der Waals surface area contributed by atoms with Crippen LogP contribution in [0.5, 0.6) is 5.75 Å². The van der Waals surface area contributed by atoms with Gasteiger partial charge in [0.05, 0.1) is 13.1 Å². The Balaban J connectivity index is 1.65. The molecule has 8 heteroatoms. The predicted molar refractivity (Wildman–Crippen MR) is 114 cm³/mol. The van der Waals surface area contributed by atoms with E-state index in [1.807, 2.05) is 49.6 Å². The summed E-state index contributed by atoms with van der Waals surface area (Å²) in [5.74, 6) is 0.931. The smallest absolute Gasteiger partial charge is 0.273 e. The number of amides is 2. The molecule has 1 N–H and O–H groups in total. The minimum Gasteiger partial charge on any atom is -0.484 e. The van der Waals surface area contributed by atoms with Crippen LogP contribution in [0.25, 0.3) is 0 Å². The Morgan fingerprint density at radius 3 is 2.67 bits per heavy atom. The number of nitrogens with zero attached hydrogens (tertiary/aromatic N) is 2. The molecule has 0 unspecified atom stereocenters. The molecule has 2 amide bonds. The lowest BCUT2D eigenvalue weighted by atomic mass is 10.2. The number of rotatable bonds is 10. The molecule has 0 fully saturated rings. The molecule has 2 aromatic heterocycles. The van der Waals surface area contributed by atoms with Crippen LogP contribution in [-0.2, 0) is 17.9 Å². The quantitative estimate of drug-likeness (QED) is 0.533. The molecular weight excluding hydrogens is 402 g/mol. The Labute approximate surface area is 179 Å². The Kier molecular flexibility index (Phi) is 7.62. The maximum absolute atomic E-state index is 12.8. The van der Waals surface area contributed by atoms with Crippen LogP contribution in [0.3, 0.4) is 0 Å². The van der Waals surface area contributed by atoms with Crippen molar-refractivity contribution in [3.8, 4) is 5.75 Å². The number of carbonyl (C=O) groups is 2. The molecule has 30 heavy (non-hydrogen) atoms. The number of thiophene rings is 1. The van der Waals surface area contributed by atoms with Gasteiger partial charge in [-0.15, -0.1) is 11.3 Å². The third-order valence-electron chi connectivity index (χ3n) is 4.19. The molecule has 0 aliphatic heterocycles. The Bertz CT molecular complexity index is 938. The molecular formula is C22H25N3O4S. The van der Waals surface area contributed by atoms with Crippen molar-refractivity contribution in [1.29, 1.82) is 0 Å². The molecule has 2 heterocycles. The van der Waals surface area contributed by atoms with Crippen molar-refractivity contribution in [2.45, 2.75) is 26.9 Å². The number of hydrogen-bond donors (Lipinski definition) is 1. The minimum absolute atomic E-state index is 0.0920. The van der Waals surface area contributed by atoms with E-state index in [9.17, 15) is 9.59 Å². The Morgan fingerprint density at radius 1 is 1.17 bits per heavy atom. The molecule has 158 valence electrons. The molecule has 3 rings (SSSR count). The van der Waals surface area contributed by atoms with E-state index in [0.717, 1.165) is 4.88 Å². The molecule has 1 aromatic carbocycles. The van der Waals surface area contributed by atoms with E-state index in [2.05, 4.69) is 10.5 Å². The second-order valence-electron chi connectivity index (χ2n) is 7.21. The summed E-state index contributed by atoms with van der Waals surface area (Å²) in [4.78, 5) is 27.7. The van der Waals surface area contributed by atoms with Gasteiger partial charge in [0.15, 0.2) is 18.1 Å². The van der Waals surface area contributed by atoms with Gasteiger partial charge < -0.3 is 19.5 Å². The Morgan fingerprint density at radius 2 is 1.97 bits per heavy atom. The fourth-order valence-corrected chi connectivity index (χ4v) is 3.37. The number of hydrogen-bond acceptors (Lipinski definition) is 6.